The van der Waals surface area contributed by atoms with E-state index in [4.69, 9.17) is 16.2 Å². The van der Waals surface area contributed by atoms with Crippen molar-refractivity contribution in [2.24, 2.45) is 0 Å². The van der Waals surface area contributed by atoms with Crippen LogP contribution in [0.1, 0.15) is 16.8 Å². The van der Waals surface area contributed by atoms with Gasteiger partial charge in [-0.2, -0.15) is 5.10 Å². The molecule has 0 fully saturated rings. The summed E-state index contributed by atoms with van der Waals surface area (Å²) in [6.45, 7) is 12.6. The summed E-state index contributed by atoms with van der Waals surface area (Å²) in [5.41, 5.74) is 4.93. The number of hydrogen-bond acceptors (Lipinski definition) is 4. The quantitative estimate of drug-likeness (QED) is 0.492. The molecule has 4 heterocycles. The van der Waals surface area contributed by atoms with Crippen LogP contribution in [-0.2, 0) is 25.9 Å². The fraction of sp³-hybridized carbons (Fsp3) is 0.238. The van der Waals surface area contributed by atoms with Gasteiger partial charge in [-0.15, -0.1) is 0 Å². The Bertz CT molecular complexity index is 1230. The number of allylic oxidation sites excluding steroid dienone is 1. The maximum atomic E-state index is 13.5. The van der Waals surface area contributed by atoms with E-state index in [1.54, 1.807) is 11.1 Å². The summed E-state index contributed by atoms with van der Waals surface area (Å²) in [6.07, 6.45) is 2.98. The first-order valence-corrected chi connectivity index (χ1v) is 9.45. The van der Waals surface area contributed by atoms with Crippen molar-refractivity contribution in [2.75, 3.05) is 11.9 Å². The normalized spacial score (nSPS) is 14.9. The molecule has 8 nitrogen and oxygen atoms in total. The Labute approximate surface area is 171 Å². The van der Waals surface area contributed by atoms with Crippen LogP contribution in [0.4, 0.5) is 20.6 Å². The first kappa shape index (κ1) is 18.1. The smallest absolute Gasteiger partial charge is 0.322 e. The van der Waals surface area contributed by atoms with Crippen LogP contribution in [0, 0.1) is 12.4 Å². The van der Waals surface area contributed by atoms with E-state index < -0.39 is 5.82 Å². The summed E-state index contributed by atoms with van der Waals surface area (Å²) in [4.78, 5) is 17.6. The summed E-state index contributed by atoms with van der Waals surface area (Å²) in [5.74, 6) is 0.0579. The Kier molecular flexibility index (Phi) is 4.13. The lowest BCUT2D eigenvalue weighted by Gasteiger charge is -2.27. The molecule has 30 heavy (non-hydrogen) atoms. The lowest BCUT2D eigenvalue weighted by atomic mass is 10.0. The fourth-order valence-electron chi connectivity index (χ4n) is 3.97. The minimum Gasteiger partial charge on any atom is -0.354 e. The third kappa shape index (κ3) is 2.93. The van der Waals surface area contributed by atoms with Crippen molar-refractivity contribution in [2.45, 2.75) is 25.9 Å². The zero-order valence-electron chi connectivity index (χ0n) is 16.0. The summed E-state index contributed by atoms with van der Waals surface area (Å²) < 4.78 is 21.0. The highest BCUT2D eigenvalue weighted by Gasteiger charge is 2.32. The van der Waals surface area contributed by atoms with Crippen molar-refractivity contribution in [1.82, 2.24) is 19.8 Å². The Balaban J connectivity index is 1.43. The van der Waals surface area contributed by atoms with E-state index >= 15 is 0 Å². The largest absolute Gasteiger partial charge is 0.354 e. The molecule has 0 saturated carbocycles. The highest BCUT2D eigenvalue weighted by Crippen LogP contribution is 2.36. The van der Waals surface area contributed by atoms with E-state index in [0.29, 0.717) is 43.9 Å². The number of benzene rings is 1. The Morgan fingerprint density at radius 3 is 3.07 bits per heavy atom. The van der Waals surface area contributed by atoms with Crippen molar-refractivity contribution >= 4 is 17.4 Å². The van der Waals surface area contributed by atoms with Crippen LogP contribution in [0.15, 0.2) is 41.1 Å². The van der Waals surface area contributed by atoms with Crippen LogP contribution < -0.4 is 5.32 Å². The molecular weight excluding hydrogens is 387 g/mol. The molecule has 3 aromatic rings. The van der Waals surface area contributed by atoms with Gasteiger partial charge in [-0.05, 0) is 18.2 Å². The molecule has 2 amide bonds. The third-order valence-electron chi connectivity index (χ3n) is 5.38. The van der Waals surface area contributed by atoms with Gasteiger partial charge in [0, 0.05) is 36.2 Å². The molecule has 5 rings (SSSR count). The number of amides is 2. The van der Waals surface area contributed by atoms with Crippen molar-refractivity contribution in [1.29, 1.82) is 0 Å². The number of hydrogen-bond donors (Lipinski definition) is 1. The van der Waals surface area contributed by atoms with E-state index in [9.17, 15) is 9.18 Å². The van der Waals surface area contributed by atoms with Crippen molar-refractivity contribution in [3.63, 3.8) is 0 Å². The molecular formula is C21H17FN6O2. The van der Waals surface area contributed by atoms with Gasteiger partial charge in [-0.25, -0.2) is 14.0 Å². The molecule has 150 valence electrons. The fourth-order valence-corrected chi connectivity index (χ4v) is 3.97. The molecule has 0 aliphatic carbocycles. The summed E-state index contributed by atoms with van der Waals surface area (Å²) in [7, 11) is 0. The Hall–Kier alpha value is -3.93. The number of carbonyl (C=O) groups is 1. The van der Waals surface area contributed by atoms with Crippen LogP contribution in [0.3, 0.4) is 0 Å². The minimum absolute atomic E-state index is 0.131. The van der Waals surface area contributed by atoms with Gasteiger partial charge in [0.05, 0.1) is 31.6 Å². The molecule has 0 unspecified atom stereocenters. The van der Waals surface area contributed by atoms with Gasteiger partial charge in [-0.1, -0.05) is 17.3 Å². The lowest BCUT2D eigenvalue weighted by Crippen LogP contribution is -2.38. The number of nitrogens with zero attached hydrogens (tertiary/aromatic N) is 5. The second kappa shape index (κ2) is 6.84. The second-order valence-corrected chi connectivity index (χ2v) is 7.42. The van der Waals surface area contributed by atoms with E-state index in [1.165, 1.54) is 18.2 Å². The predicted octanol–water partition coefficient (Wildman–Crippen LogP) is 3.93. The van der Waals surface area contributed by atoms with Gasteiger partial charge in [0.1, 0.15) is 11.5 Å². The number of anilines is 1. The number of rotatable bonds is 1. The van der Waals surface area contributed by atoms with E-state index in [1.807, 2.05) is 4.68 Å². The molecule has 2 aliphatic heterocycles. The zero-order chi connectivity index (χ0) is 20.8. The van der Waals surface area contributed by atoms with Crippen LogP contribution in [0.2, 0.25) is 0 Å². The monoisotopic (exact) mass is 404 g/mol. The molecule has 0 radical (unpaired) electrons. The van der Waals surface area contributed by atoms with E-state index in [-0.39, 0.29) is 11.7 Å². The third-order valence-corrected chi connectivity index (χ3v) is 5.38. The zero-order valence-corrected chi connectivity index (χ0v) is 16.0. The SMILES string of the molecule is [C-]#[N+]c1cc(NC(=O)N2CCc3nn4c(c3C2)-c2oncc2CC(=C)C4)ccc1F. The number of nitrogens with one attached hydrogen (secondary N) is 1. The van der Waals surface area contributed by atoms with Gasteiger partial charge < -0.3 is 14.7 Å². The molecule has 2 aliphatic rings. The van der Waals surface area contributed by atoms with Gasteiger partial charge >= 0.3 is 6.03 Å². The average Bonchev–Trinajstić information content (AvgIpc) is 3.29. The van der Waals surface area contributed by atoms with E-state index in [0.717, 1.165) is 28.1 Å². The first-order valence-electron chi connectivity index (χ1n) is 9.45. The highest BCUT2D eigenvalue weighted by molar-refractivity contribution is 5.90. The van der Waals surface area contributed by atoms with Crippen LogP contribution in [0.5, 0.6) is 0 Å². The maximum Gasteiger partial charge on any atom is 0.322 e. The summed E-state index contributed by atoms with van der Waals surface area (Å²) in [5, 5.41) is 11.4. The van der Waals surface area contributed by atoms with Crippen LogP contribution >= 0.6 is 0 Å². The van der Waals surface area contributed by atoms with Crippen LogP contribution in [-0.4, -0.2) is 32.4 Å². The van der Waals surface area contributed by atoms with Crippen molar-refractivity contribution < 1.29 is 13.7 Å². The molecule has 0 spiro atoms. The average molecular weight is 404 g/mol. The number of halogens is 1. The van der Waals surface area contributed by atoms with E-state index in [2.05, 4.69) is 21.9 Å². The maximum absolute atomic E-state index is 13.5. The lowest BCUT2D eigenvalue weighted by molar-refractivity contribution is 0.206. The van der Waals surface area contributed by atoms with Crippen molar-refractivity contribution in [3.05, 3.63) is 70.6 Å². The highest BCUT2D eigenvalue weighted by atomic mass is 19.1. The standard InChI is InChI=1S/C21H17FN6O2/c1-12-7-13-9-24-30-20(13)19-15-11-27(6-5-17(15)26-28(19)10-12)21(29)25-14-3-4-16(22)18(8-14)23-2/h3-4,8-9H,1,5-7,10-11H2,(H,25,29). The number of carbonyl (C=O) groups excluding carboxylic acids is 1. The Morgan fingerprint density at radius 2 is 2.23 bits per heavy atom. The molecule has 1 N–H and O–H groups in total. The van der Waals surface area contributed by atoms with Gasteiger partial charge in [-0.3, -0.25) is 4.68 Å². The predicted molar refractivity (Wildman–Crippen MR) is 106 cm³/mol. The van der Waals surface area contributed by atoms with Gasteiger partial charge in [0.25, 0.3) is 0 Å². The molecule has 0 atom stereocenters. The topological polar surface area (TPSA) is 80.5 Å². The number of urea groups is 1. The molecule has 2 aromatic heterocycles. The molecule has 1 aromatic carbocycles. The number of fused-ring (bicyclic) bond motifs is 5. The van der Waals surface area contributed by atoms with Gasteiger partial charge in [0.15, 0.2) is 5.76 Å². The second-order valence-electron chi connectivity index (χ2n) is 7.42. The van der Waals surface area contributed by atoms with Crippen molar-refractivity contribution in [3.8, 4) is 11.5 Å². The summed E-state index contributed by atoms with van der Waals surface area (Å²) >= 11 is 0. The molecule has 9 heteroatoms. The van der Waals surface area contributed by atoms with Crippen LogP contribution in [0.25, 0.3) is 16.3 Å². The minimum atomic E-state index is -0.613. The molecule has 0 saturated heterocycles. The summed E-state index contributed by atoms with van der Waals surface area (Å²) in [6, 6.07) is 3.62. The van der Waals surface area contributed by atoms with Gasteiger partial charge in [0.2, 0.25) is 5.69 Å². The first-order chi connectivity index (χ1) is 14.5. The number of aromatic nitrogens is 3. The molecule has 0 bridgehead atoms. The Morgan fingerprint density at radius 1 is 1.37 bits per heavy atom.